The Morgan fingerprint density at radius 3 is 2.18 bits per heavy atom. The number of hydrogen-bond donors (Lipinski definition) is 2. The Labute approximate surface area is 103 Å². The first-order valence-electron chi connectivity index (χ1n) is 4.85. The average Bonchev–Trinajstić information content (AvgIpc) is 2.26. The Hall–Kier alpha value is -1.81. The highest BCUT2D eigenvalue weighted by molar-refractivity contribution is 6.30. The minimum absolute atomic E-state index is 0.167. The van der Waals surface area contributed by atoms with Crippen LogP contribution in [0.25, 0.3) is 6.08 Å². The molecule has 2 N–H and O–H groups in total. The molecule has 90 valence electrons. The van der Waals surface area contributed by atoms with Crippen LogP contribution in [0.3, 0.4) is 0 Å². The first-order valence-corrected chi connectivity index (χ1v) is 5.23. The summed E-state index contributed by atoms with van der Waals surface area (Å²) in [6, 6.07) is 6.47. The second-order valence-electron chi connectivity index (χ2n) is 3.52. The van der Waals surface area contributed by atoms with Gasteiger partial charge in [-0.05, 0) is 30.7 Å². The van der Waals surface area contributed by atoms with E-state index in [0.29, 0.717) is 10.6 Å². The summed E-state index contributed by atoms with van der Waals surface area (Å²) in [6.07, 6.45) is 1.33. The molecule has 17 heavy (non-hydrogen) atoms. The second kappa shape index (κ2) is 5.50. The van der Waals surface area contributed by atoms with Gasteiger partial charge in [0.25, 0.3) is 0 Å². The van der Waals surface area contributed by atoms with Crippen LogP contribution in [0.2, 0.25) is 5.02 Å². The molecule has 0 spiro atoms. The van der Waals surface area contributed by atoms with Crippen LogP contribution in [-0.4, -0.2) is 22.2 Å². The zero-order valence-corrected chi connectivity index (χ0v) is 9.81. The van der Waals surface area contributed by atoms with Crippen LogP contribution in [0.1, 0.15) is 12.5 Å². The third kappa shape index (κ3) is 3.60. The maximum absolute atomic E-state index is 11.0. The maximum Gasteiger partial charge on any atom is 0.332 e. The largest absolute Gasteiger partial charge is 0.481 e. The van der Waals surface area contributed by atoms with E-state index in [-0.39, 0.29) is 5.57 Å². The Bertz CT molecular complexity index is 462. The van der Waals surface area contributed by atoms with Gasteiger partial charge in [-0.3, -0.25) is 4.79 Å². The molecule has 0 amide bonds. The van der Waals surface area contributed by atoms with Gasteiger partial charge in [0.2, 0.25) is 0 Å². The molecule has 0 aliphatic heterocycles. The first kappa shape index (κ1) is 13.3. The average molecular weight is 255 g/mol. The number of hydrogen-bond acceptors (Lipinski definition) is 2. The molecule has 1 atom stereocenters. The fourth-order valence-electron chi connectivity index (χ4n) is 1.24. The molecule has 0 aliphatic carbocycles. The molecule has 0 heterocycles. The van der Waals surface area contributed by atoms with Crippen molar-refractivity contribution in [2.75, 3.05) is 0 Å². The first-order chi connectivity index (χ1) is 7.91. The van der Waals surface area contributed by atoms with E-state index in [0.717, 1.165) is 0 Å². The van der Waals surface area contributed by atoms with Crippen LogP contribution in [-0.2, 0) is 9.59 Å². The lowest BCUT2D eigenvalue weighted by Crippen LogP contribution is -2.18. The van der Waals surface area contributed by atoms with Crippen molar-refractivity contribution in [3.05, 3.63) is 40.4 Å². The monoisotopic (exact) mass is 254 g/mol. The van der Waals surface area contributed by atoms with E-state index in [4.69, 9.17) is 21.8 Å². The van der Waals surface area contributed by atoms with E-state index >= 15 is 0 Å². The summed E-state index contributed by atoms with van der Waals surface area (Å²) in [5.74, 6) is -3.48. The predicted molar refractivity (Wildman–Crippen MR) is 63.9 cm³/mol. The molecule has 1 aromatic carbocycles. The number of aliphatic carboxylic acids is 2. The van der Waals surface area contributed by atoms with Crippen LogP contribution in [0.5, 0.6) is 0 Å². The molecule has 0 saturated carbocycles. The Balaban J connectivity index is 3.10. The Morgan fingerprint density at radius 1 is 1.24 bits per heavy atom. The maximum atomic E-state index is 11.0. The molecule has 0 bridgehead atoms. The quantitative estimate of drug-likeness (QED) is 0.810. The summed E-state index contributed by atoms with van der Waals surface area (Å²) in [7, 11) is 0. The smallest absolute Gasteiger partial charge is 0.332 e. The van der Waals surface area contributed by atoms with E-state index in [1.54, 1.807) is 24.3 Å². The lowest BCUT2D eigenvalue weighted by molar-refractivity contribution is -0.143. The molecule has 1 aromatic rings. The van der Waals surface area contributed by atoms with Crippen molar-refractivity contribution in [1.29, 1.82) is 0 Å². The Kier molecular flexibility index (Phi) is 4.29. The van der Waals surface area contributed by atoms with Crippen LogP contribution < -0.4 is 0 Å². The Morgan fingerprint density at radius 2 is 1.76 bits per heavy atom. The van der Waals surface area contributed by atoms with Crippen LogP contribution in [0.15, 0.2) is 29.8 Å². The normalized spacial score (nSPS) is 13.2. The standard InChI is InChI=1S/C12H11ClO4/c1-7(11(14)15)10(12(16)17)6-8-2-4-9(13)5-3-8/h2-7H,1H3,(H,14,15)(H,16,17)/b10-6-/t7-/m0/s1. The van der Waals surface area contributed by atoms with E-state index in [1.807, 2.05) is 0 Å². The SMILES string of the molecule is C[C@H](C(=O)O)/C(=C/c1ccc(Cl)cc1)C(=O)O. The van der Waals surface area contributed by atoms with Crippen molar-refractivity contribution in [2.24, 2.45) is 5.92 Å². The predicted octanol–water partition coefficient (Wildman–Crippen LogP) is 2.53. The zero-order chi connectivity index (χ0) is 13.0. The fourth-order valence-corrected chi connectivity index (χ4v) is 1.37. The molecule has 4 nitrogen and oxygen atoms in total. The number of benzene rings is 1. The van der Waals surface area contributed by atoms with Gasteiger partial charge in [-0.15, -0.1) is 0 Å². The molecule has 1 rings (SSSR count). The number of carbonyl (C=O) groups is 2. The zero-order valence-electron chi connectivity index (χ0n) is 9.05. The highest BCUT2D eigenvalue weighted by Gasteiger charge is 2.22. The van der Waals surface area contributed by atoms with Gasteiger partial charge >= 0.3 is 11.9 Å². The lowest BCUT2D eigenvalue weighted by Gasteiger charge is -2.07. The molecular formula is C12H11ClO4. The van der Waals surface area contributed by atoms with E-state index in [1.165, 1.54) is 13.0 Å². The van der Waals surface area contributed by atoms with Gasteiger partial charge < -0.3 is 10.2 Å². The molecule has 0 fully saturated rings. The number of rotatable bonds is 4. The van der Waals surface area contributed by atoms with Gasteiger partial charge in [0.1, 0.15) is 0 Å². The van der Waals surface area contributed by atoms with Crippen molar-refractivity contribution in [1.82, 2.24) is 0 Å². The summed E-state index contributed by atoms with van der Waals surface area (Å²) < 4.78 is 0. The van der Waals surface area contributed by atoms with Gasteiger partial charge in [0.15, 0.2) is 0 Å². The topological polar surface area (TPSA) is 74.6 Å². The van der Waals surface area contributed by atoms with Crippen molar-refractivity contribution in [3.8, 4) is 0 Å². The third-order valence-corrected chi connectivity index (χ3v) is 2.53. The van der Waals surface area contributed by atoms with E-state index < -0.39 is 17.9 Å². The number of carboxylic acids is 2. The lowest BCUT2D eigenvalue weighted by atomic mass is 9.99. The van der Waals surface area contributed by atoms with Crippen LogP contribution >= 0.6 is 11.6 Å². The molecule has 0 saturated heterocycles. The summed E-state index contributed by atoms with van der Waals surface area (Å²) in [5.41, 5.74) is 0.430. The second-order valence-corrected chi connectivity index (χ2v) is 3.95. The minimum Gasteiger partial charge on any atom is -0.481 e. The van der Waals surface area contributed by atoms with Gasteiger partial charge in [-0.2, -0.15) is 0 Å². The van der Waals surface area contributed by atoms with Crippen LogP contribution in [0, 0.1) is 5.92 Å². The molecule has 0 radical (unpaired) electrons. The van der Waals surface area contributed by atoms with Crippen molar-refractivity contribution >= 4 is 29.6 Å². The van der Waals surface area contributed by atoms with Crippen molar-refractivity contribution < 1.29 is 19.8 Å². The molecule has 0 unspecified atom stereocenters. The molecule has 0 aliphatic rings. The van der Waals surface area contributed by atoms with E-state index in [9.17, 15) is 9.59 Å². The van der Waals surface area contributed by atoms with Crippen molar-refractivity contribution in [2.45, 2.75) is 6.92 Å². The van der Waals surface area contributed by atoms with Crippen molar-refractivity contribution in [3.63, 3.8) is 0 Å². The number of carboxylic acid groups (broad SMARTS) is 2. The number of halogens is 1. The summed E-state index contributed by atoms with van der Waals surface area (Å²) in [6.45, 7) is 1.33. The molecular weight excluding hydrogens is 244 g/mol. The molecule has 5 heteroatoms. The highest BCUT2D eigenvalue weighted by Crippen LogP contribution is 2.17. The van der Waals surface area contributed by atoms with Gasteiger partial charge in [0, 0.05) is 5.02 Å². The fraction of sp³-hybridized carbons (Fsp3) is 0.167. The molecule has 0 aromatic heterocycles. The minimum atomic E-state index is -1.24. The van der Waals surface area contributed by atoms with Crippen LogP contribution in [0.4, 0.5) is 0 Å². The highest BCUT2D eigenvalue weighted by atomic mass is 35.5. The summed E-state index contributed by atoms with van der Waals surface area (Å²) in [5, 5.41) is 18.3. The third-order valence-electron chi connectivity index (χ3n) is 2.28. The van der Waals surface area contributed by atoms with Gasteiger partial charge in [-0.1, -0.05) is 23.7 Å². The summed E-state index contributed by atoms with van der Waals surface area (Å²) in [4.78, 5) is 21.7. The summed E-state index contributed by atoms with van der Waals surface area (Å²) >= 11 is 5.69. The van der Waals surface area contributed by atoms with Gasteiger partial charge in [0.05, 0.1) is 11.5 Å². The van der Waals surface area contributed by atoms with E-state index in [2.05, 4.69) is 0 Å². The van der Waals surface area contributed by atoms with Gasteiger partial charge in [-0.25, -0.2) is 4.79 Å².